The van der Waals surface area contributed by atoms with Gasteiger partial charge in [-0.1, -0.05) is 32.4 Å². The van der Waals surface area contributed by atoms with E-state index in [-0.39, 0.29) is 5.91 Å². The zero-order valence-corrected chi connectivity index (χ0v) is 13.9. The first-order chi connectivity index (χ1) is 10.0. The number of piperidine rings is 1. The fourth-order valence-corrected chi connectivity index (χ4v) is 2.90. The lowest BCUT2D eigenvalue weighted by atomic mass is 9.88. The molecule has 1 aliphatic heterocycles. The van der Waals surface area contributed by atoms with Crippen molar-refractivity contribution in [2.24, 2.45) is 11.8 Å². The topological polar surface area (TPSA) is 32.3 Å². The van der Waals surface area contributed by atoms with Crippen LogP contribution in [0.15, 0.2) is 18.2 Å². The Kier molecular flexibility index (Phi) is 5.51. The van der Waals surface area contributed by atoms with Crippen LogP contribution in [-0.4, -0.2) is 30.4 Å². The highest BCUT2D eigenvalue weighted by molar-refractivity contribution is 6.31. The Morgan fingerprint density at radius 1 is 1.38 bits per heavy atom. The van der Waals surface area contributed by atoms with Gasteiger partial charge < -0.3 is 10.2 Å². The molecule has 1 heterocycles. The molecule has 2 rings (SSSR count). The van der Waals surface area contributed by atoms with Crippen molar-refractivity contribution in [2.75, 3.05) is 25.0 Å². The molecule has 1 saturated heterocycles. The van der Waals surface area contributed by atoms with Gasteiger partial charge in [0.1, 0.15) is 0 Å². The van der Waals surface area contributed by atoms with Crippen molar-refractivity contribution in [3.8, 4) is 0 Å². The number of rotatable bonds is 4. The molecule has 1 aromatic rings. The average Bonchev–Trinajstić information content (AvgIpc) is 2.48. The molecule has 21 heavy (non-hydrogen) atoms. The second-order valence-corrected chi connectivity index (χ2v) is 6.55. The van der Waals surface area contributed by atoms with E-state index in [1.807, 2.05) is 17.0 Å². The fraction of sp³-hybridized carbons (Fsp3) is 0.588. The number of amides is 1. The molecule has 2 unspecified atom stereocenters. The van der Waals surface area contributed by atoms with E-state index in [9.17, 15) is 4.79 Å². The Balaban J connectivity index is 2.19. The molecule has 0 radical (unpaired) electrons. The van der Waals surface area contributed by atoms with Gasteiger partial charge in [0.25, 0.3) is 5.91 Å². The number of carbonyl (C=O) groups is 1. The quantitative estimate of drug-likeness (QED) is 0.900. The molecule has 0 bridgehead atoms. The van der Waals surface area contributed by atoms with Crippen LogP contribution < -0.4 is 5.32 Å². The molecule has 0 spiro atoms. The van der Waals surface area contributed by atoms with Crippen LogP contribution in [0.25, 0.3) is 0 Å². The lowest BCUT2D eigenvalue weighted by molar-refractivity contribution is 0.0628. The van der Waals surface area contributed by atoms with Crippen LogP contribution in [-0.2, 0) is 0 Å². The van der Waals surface area contributed by atoms with Crippen molar-refractivity contribution in [1.82, 2.24) is 4.90 Å². The second-order valence-electron chi connectivity index (χ2n) is 6.11. The Bertz CT molecular complexity index is 504. The molecular formula is C17H25ClN2O. The minimum Gasteiger partial charge on any atom is -0.384 e. The van der Waals surface area contributed by atoms with Crippen molar-refractivity contribution in [3.63, 3.8) is 0 Å². The summed E-state index contributed by atoms with van der Waals surface area (Å²) >= 11 is 6.09. The van der Waals surface area contributed by atoms with Crippen LogP contribution >= 0.6 is 11.6 Å². The van der Waals surface area contributed by atoms with Crippen LogP contribution in [0.3, 0.4) is 0 Å². The van der Waals surface area contributed by atoms with E-state index in [1.54, 1.807) is 6.07 Å². The molecule has 1 aromatic carbocycles. The van der Waals surface area contributed by atoms with Gasteiger partial charge in [0, 0.05) is 30.3 Å². The molecule has 0 aliphatic carbocycles. The number of hydrogen-bond acceptors (Lipinski definition) is 2. The molecule has 1 N–H and O–H groups in total. The van der Waals surface area contributed by atoms with E-state index < -0.39 is 0 Å². The van der Waals surface area contributed by atoms with Gasteiger partial charge in [-0.2, -0.15) is 0 Å². The molecule has 0 aromatic heterocycles. The first-order valence-corrected chi connectivity index (χ1v) is 8.23. The number of hydrogen-bond donors (Lipinski definition) is 1. The van der Waals surface area contributed by atoms with Crippen molar-refractivity contribution >= 4 is 23.2 Å². The lowest BCUT2D eigenvalue weighted by Gasteiger charge is -2.35. The summed E-state index contributed by atoms with van der Waals surface area (Å²) in [5.74, 6) is 1.33. The van der Waals surface area contributed by atoms with Crippen molar-refractivity contribution in [1.29, 1.82) is 0 Å². The Labute approximate surface area is 132 Å². The maximum absolute atomic E-state index is 12.8. The van der Waals surface area contributed by atoms with Gasteiger partial charge in [0.15, 0.2) is 0 Å². The van der Waals surface area contributed by atoms with Crippen LogP contribution in [0.5, 0.6) is 0 Å². The molecule has 116 valence electrons. The van der Waals surface area contributed by atoms with Gasteiger partial charge in [-0.15, -0.1) is 0 Å². The highest BCUT2D eigenvalue weighted by Crippen LogP contribution is 2.27. The first-order valence-electron chi connectivity index (χ1n) is 7.85. The summed E-state index contributed by atoms with van der Waals surface area (Å²) < 4.78 is 0. The zero-order valence-electron chi connectivity index (χ0n) is 13.2. The van der Waals surface area contributed by atoms with Crippen LogP contribution in [0.4, 0.5) is 5.69 Å². The summed E-state index contributed by atoms with van der Waals surface area (Å²) in [6.07, 6.45) is 2.10. The summed E-state index contributed by atoms with van der Waals surface area (Å²) in [7, 11) is 0. The highest BCUT2D eigenvalue weighted by atomic mass is 35.5. The number of anilines is 1. The van der Waals surface area contributed by atoms with Gasteiger partial charge in [-0.3, -0.25) is 4.79 Å². The second kappa shape index (κ2) is 7.17. The Hall–Kier alpha value is -1.22. The van der Waals surface area contributed by atoms with Gasteiger partial charge in [-0.05, 0) is 42.9 Å². The van der Waals surface area contributed by atoms with E-state index in [1.165, 1.54) is 0 Å². The van der Waals surface area contributed by atoms with E-state index >= 15 is 0 Å². The van der Waals surface area contributed by atoms with Crippen LogP contribution in [0, 0.1) is 11.8 Å². The molecule has 0 saturated carbocycles. The third-order valence-electron chi connectivity index (χ3n) is 4.40. The molecule has 1 fully saturated rings. The van der Waals surface area contributed by atoms with E-state index in [4.69, 9.17) is 11.6 Å². The molecule has 3 nitrogen and oxygen atoms in total. The summed E-state index contributed by atoms with van der Waals surface area (Å²) in [4.78, 5) is 14.8. The Morgan fingerprint density at radius 2 is 2.14 bits per heavy atom. The van der Waals surface area contributed by atoms with E-state index in [0.717, 1.165) is 38.2 Å². The third-order valence-corrected chi connectivity index (χ3v) is 4.63. The standard InChI is InChI=1S/C17H25ClN2O/c1-4-8-19-16-6-5-14(18)10-15(16)17(21)20-9-7-12(2)13(3)11-20/h5-6,10,12-13,19H,4,7-9,11H2,1-3H3. The summed E-state index contributed by atoms with van der Waals surface area (Å²) in [5.41, 5.74) is 1.58. The number of benzene rings is 1. The van der Waals surface area contributed by atoms with Crippen LogP contribution in [0.1, 0.15) is 44.0 Å². The predicted octanol–water partition coefficient (Wildman–Crippen LogP) is 4.28. The number of halogens is 1. The maximum Gasteiger partial charge on any atom is 0.256 e. The van der Waals surface area contributed by atoms with Gasteiger partial charge in [-0.25, -0.2) is 0 Å². The summed E-state index contributed by atoms with van der Waals surface area (Å²) in [6.45, 7) is 9.12. The van der Waals surface area contributed by atoms with Crippen LogP contribution in [0.2, 0.25) is 5.02 Å². The largest absolute Gasteiger partial charge is 0.384 e. The molecule has 4 heteroatoms. The highest BCUT2D eigenvalue weighted by Gasteiger charge is 2.27. The zero-order chi connectivity index (χ0) is 15.4. The predicted molar refractivity (Wildman–Crippen MR) is 89.1 cm³/mol. The van der Waals surface area contributed by atoms with Gasteiger partial charge >= 0.3 is 0 Å². The fourth-order valence-electron chi connectivity index (χ4n) is 2.72. The van der Waals surface area contributed by atoms with E-state index in [0.29, 0.717) is 22.4 Å². The number of nitrogens with zero attached hydrogens (tertiary/aromatic N) is 1. The average molecular weight is 309 g/mol. The van der Waals surface area contributed by atoms with E-state index in [2.05, 4.69) is 26.1 Å². The molecular weight excluding hydrogens is 284 g/mol. The van der Waals surface area contributed by atoms with Crippen molar-refractivity contribution < 1.29 is 4.79 Å². The monoisotopic (exact) mass is 308 g/mol. The lowest BCUT2D eigenvalue weighted by Crippen LogP contribution is -2.42. The molecule has 1 amide bonds. The van der Waals surface area contributed by atoms with Crippen molar-refractivity contribution in [3.05, 3.63) is 28.8 Å². The van der Waals surface area contributed by atoms with Crippen molar-refractivity contribution in [2.45, 2.75) is 33.6 Å². The Morgan fingerprint density at radius 3 is 2.81 bits per heavy atom. The summed E-state index contributed by atoms with van der Waals surface area (Å²) in [5, 5.41) is 3.93. The molecule has 2 atom stereocenters. The summed E-state index contributed by atoms with van der Waals surface area (Å²) in [6, 6.07) is 5.52. The molecule has 1 aliphatic rings. The smallest absolute Gasteiger partial charge is 0.256 e. The SMILES string of the molecule is CCCNc1ccc(Cl)cc1C(=O)N1CCC(C)C(C)C1. The number of nitrogens with one attached hydrogen (secondary N) is 1. The number of carbonyl (C=O) groups excluding carboxylic acids is 1. The van der Waals surface area contributed by atoms with Gasteiger partial charge in [0.05, 0.1) is 5.56 Å². The minimum atomic E-state index is 0.0925. The maximum atomic E-state index is 12.8. The number of likely N-dealkylation sites (tertiary alicyclic amines) is 1. The first kappa shape index (κ1) is 16.2. The van der Waals surface area contributed by atoms with Gasteiger partial charge in [0.2, 0.25) is 0 Å². The minimum absolute atomic E-state index is 0.0925. The normalized spacial score (nSPS) is 22.2. The third kappa shape index (κ3) is 3.91.